The van der Waals surface area contributed by atoms with E-state index >= 15 is 0 Å². The van der Waals surface area contributed by atoms with Crippen molar-refractivity contribution in [3.63, 3.8) is 0 Å². The van der Waals surface area contributed by atoms with Crippen LogP contribution in [0.3, 0.4) is 0 Å². The van der Waals surface area contributed by atoms with Gasteiger partial charge in [-0.2, -0.15) is 0 Å². The molecule has 0 aromatic carbocycles. The highest BCUT2D eigenvalue weighted by Crippen LogP contribution is 2.14. The van der Waals surface area contributed by atoms with Crippen LogP contribution in [0.2, 0.25) is 0 Å². The van der Waals surface area contributed by atoms with E-state index in [1.807, 2.05) is 0 Å². The SMILES string of the molecule is COC(=O)CCCCCCCCCCCCCCCCCCCI. The van der Waals surface area contributed by atoms with Crippen molar-refractivity contribution in [3.8, 4) is 0 Å². The number of methoxy groups -OCH3 is 1. The minimum atomic E-state index is -0.0637. The van der Waals surface area contributed by atoms with Crippen LogP contribution in [-0.4, -0.2) is 17.5 Å². The maximum Gasteiger partial charge on any atom is 0.305 e. The number of unbranched alkanes of at least 4 members (excludes halogenated alkanes) is 16. The Morgan fingerprint density at radius 1 is 0.583 bits per heavy atom. The molecule has 0 aromatic rings. The summed E-state index contributed by atoms with van der Waals surface area (Å²) in [7, 11) is 1.47. The lowest BCUT2D eigenvalue weighted by Gasteiger charge is -2.03. The summed E-state index contributed by atoms with van der Waals surface area (Å²) in [4.78, 5) is 11.0. The molecule has 0 bridgehead atoms. The summed E-state index contributed by atoms with van der Waals surface area (Å²) < 4.78 is 5.97. The molecular formula is C21H41IO2. The lowest BCUT2D eigenvalue weighted by atomic mass is 10.0. The summed E-state index contributed by atoms with van der Waals surface area (Å²) in [6, 6.07) is 0. The standard InChI is InChI=1S/C21H41IO2/c1-24-21(23)19-17-15-13-11-9-7-5-3-2-4-6-8-10-12-14-16-18-20-22/h2-20H2,1H3. The number of hydrogen-bond acceptors (Lipinski definition) is 2. The first-order valence-electron chi connectivity index (χ1n) is 10.4. The number of halogens is 1. The van der Waals surface area contributed by atoms with Gasteiger partial charge in [0.2, 0.25) is 0 Å². The second-order valence-corrected chi connectivity index (χ2v) is 8.10. The Labute approximate surface area is 165 Å². The van der Waals surface area contributed by atoms with Gasteiger partial charge in [-0.1, -0.05) is 119 Å². The van der Waals surface area contributed by atoms with Crippen molar-refractivity contribution in [2.24, 2.45) is 0 Å². The van der Waals surface area contributed by atoms with Crippen molar-refractivity contribution in [3.05, 3.63) is 0 Å². The van der Waals surface area contributed by atoms with Crippen molar-refractivity contribution < 1.29 is 9.53 Å². The highest BCUT2D eigenvalue weighted by Gasteiger charge is 1.99. The van der Waals surface area contributed by atoms with Gasteiger partial charge < -0.3 is 4.74 Å². The predicted octanol–water partition coefficient (Wildman–Crippen LogP) is 7.62. The molecule has 0 N–H and O–H groups in total. The zero-order chi connectivity index (χ0) is 17.7. The zero-order valence-corrected chi connectivity index (χ0v) is 18.3. The lowest BCUT2D eigenvalue weighted by Crippen LogP contribution is -1.99. The van der Waals surface area contributed by atoms with Crippen LogP contribution in [0.15, 0.2) is 0 Å². The molecule has 0 amide bonds. The van der Waals surface area contributed by atoms with E-state index in [2.05, 4.69) is 27.3 Å². The van der Waals surface area contributed by atoms with E-state index in [0.717, 1.165) is 6.42 Å². The second kappa shape index (κ2) is 21.2. The Morgan fingerprint density at radius 3 is 1.17 bits per heavy atom. The number of ether oxygens (including phenoxy) is 1. The molecule has 0 aliphatic heterocycles. The van der Waals surface area contributed by atoms with Crippen LogP contribution in [-0.2, 0) is 9.53 Å². The third-order valence-electron chi connectivity index (χ3n) is 4.74. The molecule has 2 nitrogen and oxygen atoms in total. The summed E-state index contributed by atoms with van der Waals surface area (Å²) in [5.74, 6) is -0.0637. The highest BCUT2D eigenvalue weighted by atomic mass is 127. The van der Waals surface area contributed by atoms with Crippen molar-refractivity contribution in [2.45, 2.75) is 116 Å². The van der Waals surface area contributed by atoms with Gasteiger partial charge in [0.1, 0.15) is 0 Å². The normalized spacial score (nSPS) is 10.9. The van der Waals surface area contributed by atoms with E-state index < -0.39 is 0 Å². The highest BCUT2D eigenvalue weighted by molar-refractivity contribution is 14.1. The molecule has 0 radical (unpaired) electrons. The Kier molecular flexibility index (Phi) is 21.4. The van der Waals surface area contributed by atoms with Gasteiger partial charge >= 0.3 is 5.97 Å². The monoisotopic (exact) mass is 452 g/mol. The van der Waals surface area contributed by atoms with Crippen LogP contribution in [0.5, 0.6) is 0 Å². The minimum Gasteiger partial charge on any atom is -0.469 e. The largest absolute Gasteiger partial charge is 0.469 e. The number of hydrogen-bond donors (Lipinski definition) is 0. The first-order valence-corrected chi connectivity index (χ1v) is 12.0. The van der Waals surface area contributed by atoms with Crippen molar-refractivity contribution >= 4 is 28.6 Å². The molecule has 0 saturated carbocycles. The first kappa shape index (κ1) is 24.2. The van der Waals surface area contributed by atoms with E-state index in [0.29, 0.717) is 6.42 Å². The van der Waals surface area contributed by atoms with E-state index in [1.54, 1.807) is 0 Å². The van der Waals surface area contributed by atoms with Crippen LogP contribution in [0.25, 0.3) is 0 Å². The fraction of sp³-hybridized carbons (Fsp3) is 0.952. The van der Waals surface area contributed by atoms with Crippen LogP contribution in [0.1, 0.15) is 116 Å². The summed E-state index contributed by atoms with van der Waals surface area (Å²) >= 11 is 2.48. The molecule has 0 aliphatic rings. The van der Waals surface area contributed by atoms with E-state index in [9.17, 15) is 4.79 Å². The molecule has 0 unspecified atom stereocenters. The molecule has 144 valence electrons. The third kappa shape index (κ3) is 20.2. The van der Waals surface area contributed by atoms with Crippen LogP contribution in [0, 0.1) is 0 Å². The molecule has 0 aliphatic carbocycles. The fourth-order valence-electron chi connectivity index (χ4n) is 3.12. The Hall–Kier alpha value is 0.200. The molecule has 0 fully saturated rings. The predicted molar refractivity (Wildman–Crippen MR) is 114 cm³/mol. The number of carbonyl (C=O) groups excluding carboxylic acids is 1. The first-order chi connectivity index (χ1) is 11.8. The molecule has 0 rings (SSSR count). The van der Waals surface area contributed by atoms with Gasteiger partial charge in [0.05, 0.1) is 7.11 Å². The Bertz CT molecular complexity index is 256. The molecule has 3 heteroatoms. The van der Waals surface area contributed by atoms with Crippen molar-refractivity contribution in [1.29, 1.82) is 0 Å². The van der Waals surface area contributed by atoms with Gasteiger partial charge in [0, 0.05) is 6.42 Å². The Balaban J connectivity index is 2.99. The Morgan fingerprint density at radius 2 is 0.875 bits per heavy atom. The number of carbonyl (C=O) groups is 1. The van der Waals surface area contributed by atoms with Gasteiger partial charge in [-0.05, 0) is 17.3 Å². The van der Waals surface area contributed by atoms with Gasteiger partial charge in [0.15, 0.2) is 0 Å². The van der Waals surface area contributed by atoms with E-state index in [4.69, 9.17) is 0 Å². The molecule has 0 heterocycles. The van der Waals surface area contributed by atoms with Gasteiger partial charge in [-0.3, -0.25) is 4.79 Å². The maximum atomic E-state index is 11.0. The van der Waals surface area contributed by atoms with Crippen molar-refractivity contribution in [2.75, 3.05) is 11.5 Å². The molecule has 0 spiro atoms. The van der Waals surface area contributed by atoms with E-state index in [-0.39, 0.29) is 5.97 Å². The summed E-state index contributed by atoms with van der Waals surface area (Å²) in [6.07, 6.45) is 24.0. The quantitative estimate of drug-likeness (QED) is 0.0872. The molecule has 0 atom stereocenters. The van der Waals surface area contributed by atoms with Crippen LogP contribution >= 0.6 is 22.6 Å². The number of alkyl halides is 1. The zero-order valence-electron chi connectivity index (χ0n) is 16.1. The summed E-state index contributed by atoms with van der Waals surface area (Å²) in [5, 5.41) is 0. The van der Waals surface area contributed by atoms with Crippen LogP contribution in [0.4, 0.5) is 0 Å². The fourth-order valence-corrected chi connectivity index (χ4v) is 3.66. The third-order valence-corrected chi connectivity index (χ3v) is 5.50. The van der Waals surface area contributed by atoms with Gasteiger partial charge in [0.25, 0.3) is 0 Å². The number of rotatable bonds is 19. The average Bonchev–Trinajstić information content (AvgIpc) is 2.60. The minimum absolute atomic E-state index is 0.0637. The molecule has 24 heavy (non-hydrogen) atoms. The van der Waals surface area contributed by atoms with Gasteiger partial charge in [-0.25, -0.2) is 0 Å². The van der Waals surface area contributed by atoms with Crippen molar-refractivity contribution in [1.82, 2.24) is 0 Å². The topological polar surface area (TPSA) is 26.3 Å². The number of esters is 1. The average molecular weight is 452 g/mol. The smallest absolute Gasteiger partial charge is 0.305 e. The molecule has 0 saturated heterocycles. The van der Waals surface area contributed by atoms with Crippen LogP contribution < -0.4 is 0 Å². The lowest BCUT2D eigenvalue weighted by molar-refractivity contribution is -0.140. The summed E-state index contributed by atoms with van der Waals surface area (Å²) in [6.45, 7) is 0. The van der Waals surface area contributed by atoms with Gasteiger partial charge in [-0.15, -0.1) is 0 Å². The summed E-state index contributed by atoms with van der Waals surface area (Å²) in [5.41, 5.74) is 0. The van der Waals surface area contributed by atoms with E-state index in [1.165, 1.54) is 114 Å². The molecule has 0 aromatic heterocycles. The maximum absolute atomic E-state index is 11.0. The second-order valence-electron chi connectivity index (χ2n) is 7.03. The molecular weight excluding hydrogens is 411 g/mol.